The number of ether oxygens (including phenoxy) is 1. The molecule has 0 fully saturated rings. The van der Waals surface area contributed by atoms with Crippen molar-refractivity contribution in [3.05, 3.63) is 41.2 Å². The van der Waals surface area contributed by atoms with Gasteiger partial charge >= 0.3 is 0 Å². The summed E-state index contributed by atoms with van der Waals surface area (Å²) in [4.78, 5) is 0. The van der Waals surface area contributed by atoms with Crippen molar-refractivity contribution < 1.29 is 4.74 Å². The van der Waals surface area contributed by atoms with Crippen molar-refractivity contribution in [3.63, 3.8) is 0 Å². The summed E-state index contributed by atoms with van der Waals surface area (Å²) in [5.41, 5.74) is 3.80. The predicted octanol–water partition coefficient (Wildman–Crippen LogP) is 2.34. The van der Waals surface area contributed by atoms with Gasteiger partial charge in [-0.3, -0.25) is 0 Å². The molecule has 0 unspecified atom stereocenters. The largest absolute Gasteiger partial charge is 0.485 e. The van der Waals surface area contributed by atoms with Crippen LogP contribution in [0.4, 0.5) is 0 Å². The van der Waals surface area contributed by atoms with Crippen molar-refractivity contribution in [2.45, 2.75) is 13.8 Å². The summed E-state index contributed by atoms with van der Waals surface area (Å²) < 4.78 is 5.24. The van der Waals surface area contributed by atoms with Crippen LogP contribution in [-0.2, 0) is 4.74 Å². The Hall–Kier alpha value is -0.980. The molecular formula is C9H9O. The lowest BCUT2D eigenvalue weighted by atomic mass is 10.1. The molecule has 0 N–H and O–H groups in total. The quantitative estimate of drug-likeness (QED) is 0.492. The van der Waals surface area contributed by atoms with Gasteiger partial charge in [0.25, 0.3) is 0 Å². The summed E-state index contributed by atoms with van der Waals surface area (Å²) in [6, 6.07) is 0. The first-order valence-corrected chi connectivity index (χ1v) is 3.39. The summed E-state index contributed by atoms with van der Waals surface area (Å²) in [6.07, 6.45) is 4.20. The van der Waals surface area contributed by atoms with Crippen LogP contribution < -0.4 is 0 Å². The molecule has 0 bridgehead atoms. The van der Waals surface area contributed by atoms with E-state index in [0.29, 0.717) is 0 Å². The minimum atomic E-state index is 1.03. The first-order valence-electron chi connectivity index (χ1n) is 3.39. The van der Waals surface area contributed by atoms with Crippen LogP contribution >= 0.6 is 0 Å². The fourth-order valence-electron chi connectivity index (χ4n) is 1.40. The van der Waals surface area contributed by atoms with Gasteiger partial charge in [-0.05, 0) is 19.4 Å². The monoisotopic (exact) mass is 133 g/mol. The number of hydrogen-bond donors (Lipinski definition) is 0. The Labute approximate surface area is 60.7 Å². The van der Waals surface area contributed by atoms with Gasteiger partial charge in [0, 0.05) is 11.1 Å². The summed E-state index contributed by atoms with van der Waals surface area (Å²) in [5, 5.41) is 0. The molecule has 0 aromatic heterocycles. The average Bonchev–Trinajstić information content (AvgIpc) is 2.40. The van der Waals surface area contributed by atoms with E-state index in [4.69, 9.17) is 4.74 Å². The van der Waals surface area contributed by atoms with Gasteiger partial charge in [0.2, 0.25) is 0 Å². The second kappa shape index (κ2) is 1.75. The summed E-state index contributed by atoms with van der Waals surface area (Å²) in [6.45, 7) is 5.90. The topological polar surface area (TPSA) is 9.23 Å². The van der Waals surface area contributed by atoms with E-state index in [1.54, 1.807) is 6.61 Å². The van der Waals surface area contributed by atoms with E-state index in [1.165, 1.54) is 16.7 Å². The molecule has 1 nitrogen and oxygen atoms in total. The van der Waals surface area contributed by atoms with Gasteiger partial charge in [-0.1, -0.05) is 12.2 Å². The van der Waals surface area contributed by atoms with Gasteiger partial charge in [-0.15, -0.1) is 0 Å². The molecule has 0 spiro atoms. The molecule has 1 heterocycles. The number of hydrogen-bond acceptors (Lipinski definition) is 1. The molecule has 1 radical (unpaired) electrons. The fourth-order valence-corrected chi connectivity index (χ4v) is 1.40. The standard InChI is InChI=1S/C9H9O/c1-6-3-4-8-5-10-7(2)9(6)8/h3-5H,1-2H3. The third-order valence-electron chi connectivity index (χ3n) is 1.91. The maximum Gasteiger partial charge on any atom is 0.165 e. The van der Waals surface area contributed by atoms with E-state index in [1.807, 2.05) is 6.92 Å². The van der Waals surface area contributed by atoms with Crippen molar-refractivity contribution in [2.75, 3.05) is 0 Å². The highest BCUT2D eigenvalue weighted by Gasteiger charge is 2.22. The fraction of sp³-hybridized carbons (Fsp3) is 0.222. The smallest absolute Gasteiger partial charge is 0.165 e. The molecule has 0 atom stereocenters. The Balaban J connectivity index is 2.53. The van der Waals surface area contributed by atoms with Crippen LogP contribution in [-0.4, -0.2) is 0 Å². The van der Waals surface area contributed by atoms with Crippen LogP contribution in [0, 0.1) is 6.61 Å². The third-order valence-corrected chi connectivity index (χ3v) is 1.91. The lowest BCUT2D eigenvalue weighted by Crippen LogP contribution is -1.80. The molecule has 0 aromatic rings. The summed E-state index contributed by atoms with van der Waals surface area (Å²) >= 11 is 0. The molecule has 0 aromatic carbocycles. The maximum atomic E-state index is 5.24. The van der Waals surface area contributed by atoms with Gasteiger partial charge in [-0.25, -0.2) is 0 Å². The van der Waals surface area contributed by atoms with E-state index in [2.05, 4.69) is 19.1 Å². The Kier molecular flexibility index (Phi) is 1.01. The number of fused-ring (bicyclic) bond motifs is 1. The summed E-state index contributed by atoms with van der Waals surface area (Å²) in [7, 11) is 0. The van der Waals surface area contributed by atoms with Crippen molar-refractivity contribution in [1.82, 2.24) is 0 Å². The molecule has 1 aliphatic heterocycles. The zero-order chi connectivity index (χ0) is 7.14. The zero-order valence-corrected chi connectivity index (χ0v) is 6.14. The summed E-state index contributed by atoms with van der Waals surface area (Å²) in [5.74, 6) is 1.03. The predicted molar refractivity (Wildman–Crippen MR) is 39.9 cm³/mol. The molecule has 2 rings (SSSR count). The highest BCUT2D eigenvalue weighted by atomic mass is 16.5. The molecular weight excluding hydrogens is 124 g/mol. The highest BCUT2D eigenvalue weighted by molar-refractivity contribution is 5.59. The molecule has 0 amide bonds. The van der Waals surface area contributed by atoms with Crippen LogP contribution in [0.15, 0.2) is 34.6 Å². The Morgan fingerprint density at radius 3 is 2.70 bits per heavy atom. The molecule has 0 saturated carbocycles. The Morgan fingerprint density at radius 1 is 1.20 bits per heavy atom. The lowest BCUT2D eigenvalue weighted by molar-refractivity contribution is 0.325. The lowest BCUT2D eigenvalue weighted by Gasteiger charge is -1.95. The average molecular weight is 133 g/mol. The molecule has 10 heavy (non-hydrogen) atoms. The highest BCUT2D eigenvalue weighted by Crippen LogP contribution is 2.36. The minimum absolute atomic E-state index is 1.03. The van der Waals surface area contributed by atoms with Crippen molar-refractivity contribution in [1.29, 1.82) is 0 Å². The SMILES string of the molecule is CC1=CC=C2[CH]OC(C)=C12. The van der Waals surface area contributed by atoms with Crippen LogP contribution in [0.3, 0.4) is 0 Å². The van der Waals surface area contributed by atoms with Crippen LogP contribution in [0.2, 0.25) is 0 Å². The van der Waals surface area contributed by atoms with Gasteiger partial charge in [0.15, 0.2) is 6.61 Å². The number of rotatable bonds is 0. The van der Waals surface area contributed by atoms with Crippen molar-refractivity contribution in [3.8, 4) is 0 Å². The maximum absolute atomic E-state index is 5.24. The third kappa shape index (κ3) is 0.576. The molecule has 51 valence electrons. The minimum Gasteiger partial charge on any atom is -0.485 e. The van der Waals surface area contributed by atoms with Gasteiger partial charge in [-0.2, -0.15) is 0 Å². The number of allylic oxidation sites excluding steroid dienone is 4. The van der Waals surface area contributed by atoms with Crippen molar-refractivity contribution in [2.24, 2.45) is 0 Å². The Bertz CT molecular complexity index is 266. The zero-order valence-electron chi connectivity index (χ0n) is 6.14. The van der Waals surface area contributed by atoms with E-state index >= 15 is 0 Å². The van der Waals surface area contributed by atoms with Gasteiger partial charge in [0.05, 0.1) is 0 Å². The van der Waals surface area contributed by atoms with Crippen molar-refractivity contribution >= 4 is 0 Å². The van der Waals surface area contributed by atoms with E-state index in [0.717, 1.165) is 5.76 Å². The van der Waals surface area contributed by atoms with Crippen LogP contribution in [0.5, 0.6) is 0 Å². The molecule has 1 aliphatic carbocycles. The molecule has 1 heteroatoms. The first-order chi connectivity index (χ1) is 4.79. The van der Waals surface area contributed by atoms with E-state index in [-0.39, 0.29) is 0 Å². The second-order valence-electron chi connectivity index (χ2n) is 2.64. The van der Waals surface area contributed by atoms with E-state index < -0.39 is 0 Å². The normalized spacial score (nSPS) is 22.2. The van der Waals surface area contributed by atoms with Gasteiger partial charge < -0.3 is 4.74 Å². The molecule has 0 saturated heterocycles. The second-order valence-corrected chi connectivity index (χ2v) is 2.64. The van der Waals surface area contributed by atoms with Gasteiger partial charge in [0.1, 0.15) is 5.76 Å². The van der Waals surface area contributed by atoms with Crippen LogP contribution in [0.1, 0.15) is 13.8 Å². The Morgan fingerprint density at radius 2 is 2.00 bits per heavy atom. The first kappa shape index (κ1) is 5.78. The molecule has 2 aliphatic rings. The van der Waals surface area contributed by atoms with E-state index in [9.17, 15) is 0 Å². The van der Waals surface area contributed by atoms with Crippen LogP contribution in [0.25, 0.3) is 0 Å².